The van der Waals surface area contributed by atoms with E-state index in [4.69, 9.17) is 4.42 Å². The SMILES string of the molecule is CCCCc1nnc(C(NCC)c2ccccc2)o1. The molecular weight excluding hydrogens is 238 g/mol. The molecule has 0 bridgehead atoms. The molecule has 1 aromatic carbocycles. The van der Waals surface area contributed by atoms with Crippen LogP contribution in [0.25, 0.3) is 0 Å². The number of hydrogen-bond acceptors (Lipinski definition) is 4. The Morgan fingerprint density at radius 2 is 1.95 bits per heavy atom. The second-order valence-corrected chi connectivity index (χ2v) is 4.54. The summed E-state index contributed by atoms with van der Waals surface area (Å²) in [5.41, 5.74) is 1.15. The van der Waals surface area contributed by atoms with Crippen LogP contribution in [-0.4, -0.2) is 16.7 Å². The van der Waals surface area contributed by atoms with Crippen molar-refractivity contribution in [1.82, 2.24) is 15.5 Å². The lowest BCUT2D eigenvalue weighted by molar-refractivity contribution is 0.405. The van der Waals surface area contributed by atoms with Crippen molar-refractivity contribution in [2.75, 3.05) is 6.54 Å². The van der Waals surface area contributed by atoms with Gasteiger partial charge in [0, 0.05) is 6.42 Å². The van der Waals surface area contributed by atoms with Gasteiger partial charge in [-0.05, 0) is 18.5 Å². The maximum Gasteiger partial charge on any atom is 0.237 e. The number of nitrogens with one attached hydrogen (secondary N) is 1. The molecule has 2 rings (SSSR count). The summed E-state index contributed by atoms with van der Waals surface area (Å²) in [5, 5.41) is 11.7. The molecule has 102 valence electrons. The maximum absolute atomic E-state index is 5.77. The average Bonchev–Trinajstić information content (AvgIpc) is 2.92. The summed E-state index contributed by atoms with van der Waals surface area (Å²) in [7, 11) is 0. The number of nitrogens with zero attached hydrogens (tertiary/aromatic N) is 2. The topological polar surface area (TPSA) is 51.0 Å². The quantitative estimate of drug-likeness (QED) is 0.830. The minimum Gasteiger partial charge on any atom is -0.423 e. The Morgan fingerprint density at radius 1 is 1.16 bits per heavy atom. The van der Waals surface area contributed by atoms with Gasteiger partial charge >= 0.3 is 0 Å². The standard InChI is InChI=1S/C15H21N3O/c1-3-5-11-13-17-18-15(19-13)14(16-4-2)12-9-7-6-8-10-12/h6-10,14,16H,3-5,11H2,1-2H3. The fourth-order valence-corrected chi connectivity index (χ4v) is 2.01. The van der Waals surface area contributed by atoms with Crippen molar-refractivity contribution in [3.8, 4) is 0 Å². The van der Waals surface area contributed by atoms with Crippen molar-refractivity contribution in [2.45, 2.75) is 39.2 Å². The summed E-state index contributed by atoms with van der Waals surface area (Å²) in [6, 6.07) is 10.2. The maximum atomic E-state index is 5.77. The predicted molar refractivity (Wildman–Crippen MR) is 74.9 cm³/mol. The van der Waals surface area contributed by atoms with E-state index in [0.29, 0.717) is 5.89 Å². The summed E-state index contributed by atoms with van der Waals surface area (Å²) >= 11 is 0. The normalized spacial score (nSPS) is 12.5. The van der Waals surface area contributed by atoms with E-state index < -0.39 is 0 Å². The largest absolute Gasteiger partial charge is 0.423 e. The third kappa shape index (κ3) is 3.64. The second kappa shape index (κ2) is 7.04. The van der Waals surface area contributed by atoms with Crippen molar-refractivity contribution in [3.63, 3.8) is 0 Å². The minimum absolute atomic E-state index is 0.0194. The van der Waals surface area contributed by atoms with Gasteiger partial charge in [0.2, 0.25) is 11.8 Å². The van der Waals surface area contributed by atoms with Gasteiger partial charge in [-0.3, -0.25) is 0 Å². The van der Waals surface area contributed by atoms with E-state index in [1.807, 2.05) is 18.2 Å². The molecule has 0 amide bonds. The van der Waals surface area contributed by atoms with Gasteiger partial charge in [-0.2, -0.15) is 0 Å². The molecule has 0 fully saturated rings. The molecule has 0 saturated carbocycles. The second-order valence-electron chi connectivity index (χ2n) is 4.54. The zero-order valence-electron chi connectivity index (χ0n) is 11.6. The smallest absolute Gasteiger partial charge is 0.237 e. The summed E-state index contributed by atoms with van der Waals surface area (Å²) in [6.45, 7) is 5.08. The van der Waals surface area contributed by atoms with Crippen molar-refractivity contribution < 1.29 is 4.42 Å². The van der Waals surface area contributed by atoms with E-state index in [1.54, 1.807) is 0 Å². The van der Waals surface area contributed by atoms with Crippen LogP contribution in [0, 0.1) is 0 Å². The fourth-order valence-electron chi connectivity index (χ4n) is 2.01. The third-order valence-corrected chi connectivity index (χ3v) is 3.01. The molecule has 0 aliphatic carbocycles. The van der Waals surface area contributed by atoms with Gasteiger partial charge in [0.1, 0.15) is 6.04 Å². The van der Waals surface area contributed by atoms with Crippen molar-refractivity contribution >= 4 is 0 Å². The van der Waals surface area contributed by atoms with E-state index in [1.165, 1.54) is 0 Å². The highest BCUT2D eigenvalue weighted by molar-refractivity contribution is 5.23. The van der Waals surface area contributed by atoms with E-state index >= 15 is 0 Å². The Morgan fingerprint density at radius 3 is 2.63 bits per heavy atom. The van der Waals surface area contributed by atoms with Crippen LogP contribution < -0.4 is 5.32 Å². The van der Waals surface area contributed by atoms with Crippen LogP contribution in [0.1, 0.15) is 50.1 Å². The van der Waals surface area contributed by atoms with Crippen LogP contribution in [0.3, 0.4) is 0 Å². The molecule has 4 heteroatoms. The number of benzene rings is 1. The zero-order valence-corrected chi connectivity index (χ0v) is 11.6. The summed E-state index contributed by atoms with van der Waals surface area (Å²) < 4.78 is 5.77. The van der Waals surface area contributed by atoms with Crippen molar-refractivity contribution in [1.29, 1.82) is 0 Å². The highest BCUT2D eigenvalue weighted by Crippen LogP contribution is 2.21. The average molecular weight is 259 g/mol. The molecule has 0 spiro atoms. The summed E-state index contributed by atoms with van der Waals surface area (Å²) in [6.07, 6.45) is 3.07. The summed E-state index contributed by atoms with van der Waals surface area (Å²) in [5.74, 6) is 1.38. The Bertz CT molecular complexity index is 481. The monoisotopic (exact) mass is 259 g/mol. The fraction of sp³-hybridized carbons (Fsp3) is 0.467. The lowest BCUT2D eigenvalue weighted by atomic mass is 10.1. The number of rotatable bonds is 7. The first-order valence-corrected chi connectivity index (χ1v) is 6.95. The van der Waals surface area contributed by atoms with Gasteiger partial charge in [-0.15, -0.1) is 10.2 Å². The van der Waals surface area contributed by atoms with Gasteiger partial charge in [0.15, 0.2) is 0 Å². The summed E-state index contributed by atoms with van der Waals surface area (Å²) in [4.78, 5) is 0. The van der Waals surface area contributed by atoms with Crippen molar-refractivity contribution in [2.24, 2.45) is 0 Å². The molecular formula is C15H21N3O. The Kier molecular flexibility index (Phi) is 5.10. The molecule has 1 unspecified atom stereocenters. The number of unbranched alkanes of at least 4 members (excludes halogenated alkanes) is 1. The van der Waals surface area contributed by atoms with Gasteiger partial charge in [-0.25, -0.2) is 0 Å². The Balaban J connectivity index is 2.17. The molecule has 2 aromatic rings. The van der Waals surface area contributed by atoms with Gasteiger partial charge in [0.05, 0.1) is 0 Å². The first-order valence-electron chi connectivity index (χ1n) is 6.95. The molecule has 4 nitrogen and oxygen atoms in total. The van der Waals surface area contributed by atoms with E-state index in [0.717, 1.165) is 37.3 Å². The van der Waals surface area contributed by atoms with Gasteiger partial charge in [0.25, 0.3) is 0 Å². The number of aromatic nitrogens is 2. The predicted octanol–water partition coefficient (Wildman–Crippen LogP) is 3.11. The van der Waals surface area contributed by atoms with Crippen LogP contribution in [0.5, 0.6) is 0 Å². The lowest BCUT2D eigenvalue weighted by Gasteiger charge is -2.13. The van der Waals surface area contributed by atoms with E-state index in [2.05, 4.69) is 41.5 Å². The molecule has 1 heterocycles. The molecule has 0 saturated heterocycles. The first-order chi connectivity index (χ1) is 9.35. The minimum atomic E-state index is -0.0194. The van der Waals surface area contributed by atoms with Gasteiger partial charge in [-0.1, -0.05) is 50.6 Å². The number of hydrogen-bond donors (Lipinski definition) is 1. The van der Waals surface area contributed by atoms with Crippen LogP contribution in [0.15, 0.2) is 34.7 Å². The van der Waals surface area contributed by atoms with Crippen LogP contribution in [0.2, 0.25) is 0 Å². The van der Waals surface area contributed by atoms with Gasteiger partial charge < -0.3 is 9.73 Å². The van der Waals surface area contributed by atoms with Crippen molar-refractivity contribution in [3.05, 3.63) is 47.7 Å². The molecule has 0 radical (unpaired) electrons. The molecule has 1 atom stereocenters. The van der Waals surface area contributed by atoms with Crippen LogP contribution in [-0.2, 0) is 6.42 Å². The molecule has 19 heavy (non-hydrogen) atoms. The zero-order chi connectivity index (χ0) is 13.5. The molecule has 0 aliphatic rings. The Labute approximate surface area is 114 Å². The highest BCUT2D eigenvalue weighted by atomic mass is 16.4. The Hall–Kier alpha value is -1.68. The number of aryl methyl sites for hydroxylation is 1. The molecule has 0 aliphatic heterocycles. The van der Waals surface area contributed by atoms with E-state index in [-0.39, 0.29) is 6.04 Å². The highest BCUT2D eigenvalue weighted by Gasteiger charge is 2.19. The molecule has 1 aromatic heterocycles. The molecule has 1 N–H and O–H groups in total. The van der Waals surface area contributed by atoms with E-state index in [9.17, 15) is 0 Å². The first kappa shape index (κ1) is 13.7. The van der Waals surface area contributed by atoms with Crippen LogP contribution >= 0.6 is 0 Å². The third-order valence-electron chi connectivity index (χ3n) is 3.01. The lowest BCUT2D eigenvalue weighted by Crippen LogP contribution is -2.22. The van der Waals surface area contributed by atoms with Crippen LogP contribution in [0.4, 0.5) is 0 Å².